The molecule has 1 unspecified atom stereocenters. The molecule has 1 heterocycles. The van der Waals surface area contributed by atoms with E-state index in [0.717, 1.165) is 0 Å². The minimum atomic E-state index is -0.909. The van der Waals surface area contributed by atoms with E-state index in [1.54, 1.807) is 0 Å². The SMILES string of the molecule is O=C(O)C1CCN(C(=O)N[C@@H]2C[C@H]2c2c(F)cccc2F)C1. The first kappa shape index (κ1) is 14.7. The molecule has 1 saturated heterocycles. The van der Waals surface area contributed by atoms with Crippen LogP contribution in [0.2, 0.25) is 0 Å². The normalized spacial score (nSPS) is 26.8. The molecule has 1 aromatic carbocycles. The van der Waals surface area contributed by atoms with Crippen molar-refractivity contribution in [2.75, 3.05) is 13.1 Å². The standard InChI is InChI=1S/C15H16F2N2O3/c16-10-2-1-3-11(17)13(10)9-6-12(9)18-15(22)19-5-4-8(7-19)14(20)21/h1-3,8-9,12H,4-7H2,(H,18,22)(H,20,21)/t8?,9-,12-/m1/s1. The molecule has 2 fully saturated rings. The molecule has 2 N–H and O–H groups in total. The Morgan fingerprint density at radius 3 is 2.55 bits per heavy atom. The summed E-state index contributed by atoms with van der Waals surface area (Å²) in [5.74, 6) is -3.01. The van der Waals surface area contributed by atoms with Gasteiger partial charge in [0, 0.05) is 30.6 Å². The Kier molecular flexibility index (Phi) is 3.72. The third kappa shape index (κ3) is 2.75. The van der Waals surface area contributed by atoms with Gasteiger partial charge in [-0.3, -0.25) is 4.79 Å². The van der Waals surface area contributed by atoms with Gasteiger partial charge in [-0.1, -0.05) is 6.07 Å². The maximum atomic E-state index is 13.7. The fourth-order valence-electron chi connectivity index (χ4n) is 2.93. The van der Waals surface area contributed by atoms with E-state index in [-0.39, 0.29) is 30.1 Å². The second-order valence-corrected chi connectivity index (χ2v) is 5.80. The summed E-state index contributed by atoms with van der Waals surface area (Å²) in [7, 11) is 0. The topological polar surface area (TPSA) is 69.6 Å². The van der Waals surface area contributed by atoms with Crippen LogP contribution in [0.1, 0.15) is 24.3 Å². The van der Waals surface area contributed by atoms with Crippen molar-refractivity contribution < 1.29 is 23.5 Å². The van der Waals surface area contributed by atoms with Crippen molar-refractivity contribution >= 4 is 12.0 Å². The molecule has 22 heavy (non-hydrogen) atoms. The monoisotopic (exact) mass is 310 g/mol. The van der Waals surface area contributed by atoms with Gasteiger partial charge in [0.15, 0.2) is 0 Å². The van der Waals surface area contributed by atoms with Crippen molar-refractivity contribution in [2.45, 2.75) is 24.8 Å². The predicted octanol–water partition coefficient (Wildman–Crippen LogP) is 1.94. The average Bonchev–Trinajstić information content (AvgIpc) is 3.02. The molecule has 1 aliphatic carbocycles. The number of benzene rings is 1. The summed E-state index contributed by atoms with van der Waals surface area (Å²) in [6, 6.07) is 3.04. The van der Waals surface area contributed by atoms with Crippen molar-refractivity contribution in [3.63, 3.8) is 0 Å². The molecule has 5 nitrogen and oxygen atoms in total. The molecule has 0 aromatic heterocycles. The van der Waals surface area contributed by atoms with Crippen LogP contribution in [0.15, 0.2) is 18.2 Å². The number of carboxylic acid groups (broad SMARTS) is 1. The summed E-state index contributed by atoms with van der Waals surface area (Å²) < 4.78 is 27.3. The zero-order valence-electron chi connectivity index (χ0n) is 11.8. The second-order valence-electron chi connectivity index (χ2n) is 5.80. The quantitative estimate of drug-likeness (QED) is 0.896. The van der Waals surface area contributed by atoms with Gasteiger partial charge in [-0.2, -0.15) is 0 Å². The third-order valence-electron chi connectivity index (χ3n) is 4.29. The minimum absolute atomic E-state index is 0.0117. The van der Waals surface area contributed by atoms with Crippen LogP contribution in [0.4, 0.5) is 13.6 Å². The summed E-state index contributed by atoms with van der Waals surface area (Å²) in [4.78, 5) is 24.4. The van der Waals surface area contributed by atoms with E-state index in [4.69, 9.17) is 5.11 Å². The lowest BCUT2D eigenvalue weighted by Gasteiger charge is -2.17. The van der Waals surface area contributed by atoms with E-state index in [1.807, 2.05) is 0 Å². The Morgan fingerprint density at radius 1 is 1.27 bits per heavy atom. The molecule has 3 atom stereocenters. The average molecular weight is 310 g/mol. The fraction of sp³-hybridized carbons (Fsp3) is 0.467. The molecule has 1 aliphatic heterocycles. The number of halogens is 2. The van der Waals surface area contributed by atoms with Gasteiger partial charge in [-0.15, -0.1) is 0 Å². The largest absolute Gasteiger partial charge is 0.481 e. The number of aliphatic carboxylic acids is 1. The van der Waals surface area contributed by atoms with Crippen molar-refractivity contribution in [2.24, 2.45) is 5.92 Å². The van der Waals surface area contributed by atoms with Crippen LogP contribution in [-0.4, -0.2) is 41.1 Å². The molecule has 0 radical (unpaired) electrons. The Hall–Kier alpha value is -2.18. The Labute approximate surface area is 125 Å². The Bertz CT molecular complexity index is 603. The second kappa shape index (κ2) is 5.55. The number of nitrogens with one attached hydrogen (secondary N) is 1. The Morgan fingerprint density at radius 2 is 1.95 bits per heavy atom. The van der Waals surface area contributed by atoms with Crippen LogP contribution >= 0.6 is 0 Å². The number of carboxylic acids is 1. The van der Waals surface area contributed by atoms with Gasteiger partial charge in [0.1, 0.15) is 11.6 Å². The van der Waals surface area contributed by atoms with E-state index >= 15 is 0 Å². The number of nitrogens with zero attached hydrogens (tertiary/aromatic N) is 1. The maximum absolute atomic E-state index is 13.7. The van der Waals surface area contributed by atoms with Crippen molar-refractivity contribution in [1.29, 1.82) is 0 Å². The maximum Gasteiger partial charge on any atom is 0.317 e. The number of carbonyl (C=O) groups is 2. The first-order valence-electron chi connectivity index (χ1n) is 7.19. The highest BCUT2D eigenvalue weighted by Crippen LogP contribution is 2.43. The molecular weight excluding hydrogens is 294 g/mol. The molecule has 1 aromatic rings. The molecule has 2 aliphatic rings. The van der Waals surface area contributed by atoms with Crippen LogP contribution in [0.5, 0.6) is 0 Å². The summed E-state index contributed by atoms with van der Waals surface area (Å²) >= 11 is 0. The molecular formula is C15H16F2N2O3. The van der Waals surface area contributed by atoms with Gasteiger partial charge < -0.3 is 15.3 Å². The van der Waals surface area contributed by atoms with Crippen LogP contribution in [0.25, 0.3) is 0 Å². The molecule has 1 saturated carbocycles. The number of hydrogen-bond acceptors (Lipinski definition) is 2. The van der Waals surface area contributed by atoms with Crippen LogP contribution in [0, 0.1) is 17.6 Å². The summed E-state index contributed by atoms with van der Waals surface area (Å²) in [5, 5.41) is 11.6. The lowest BCUT2D eigenvalue weighted by Crippen LogP contribution is -2.40. The van der Waals surface area contributed by atoms with Crippen LogP contribution in [0.3, 0.4) is 0 Å². The molecule has 0 bridgehead atoms. The van der Waals surface area contributed by atoms with Crippen molar-refractivity contribution in [1.82, 2.24) is 10.2 Å². The Balaban J connectivity index is 1.58. The number of likely N-dealkylation sites (tertiary alicyclic amines) is 1. The van der Waals surface area contributed by atoms with Crippen molar-refractivity contribution in [3.8, 4) is 0 Å². The van der Waals surface area contributed by atoms with Crippen molar-refractivity contribution in [3.05, 3.63) is 35.4 Å². The van der Waals surface area contributed by atoms with Gasteiger partial charge >= 0.3 is 12.0 Å². The zero-order valence-corrected chi connectivity index (χ0v) is 11.8. The van der Waals surface area contributed by atoms with Gasteiger partial charge in [0.25, 0.3) is 0 Å². The van der Waals surface area contributed by atoms with E-state index in [1.165, 1.54) is 23.1 Å². The van der Waals surface area contributed by atoms with Gasteiger partial charge in [-0.25, -0.2) is 13.6 Å². The smallest absolute Gasteiger partial charge is 0.317 e. The van der Waals surface area contributed by atoms with Gasteiger partial charge in [0.05, 0.1) is 5.92 Å². The lowest BCUT2D eigenvalue weighted by atomic mass is 10.1. The lowest BCUT2D eigenvalue weighted by molar-refractivity contribution is -0.141. The first-order valence-corrected chi connectivity index (χ1v) is 7.19. The number of rotatable bonds is 3. The van der Waals surface area contributed by atoms with Crippen LogP contribution < -0.4 is 5.32 Å². The van der Waals surface area contributed by atoms with Crippen LogP contribution in [-0.2, 0) is 4.79 Å². The number of amides is 2. The summed E-state index contributed by atoms with van der Waals surface area (Å²) in [6.07, 6.45) is 0.915. The first-order chi connectivity index (χ1) is 10.5. The van der Waals surface area contributed by atoms with E-state index in [9.17, 15) is 18.4 Å². The summed E-state index contributed by atoms with van der Waals surface area (Å²) in [6.45, 7) is 0.556. The number of carbonyl (C=O) groups excluding carboxylic acids is 1. The van der Waals surface area contributed by atoms with E-state index in [2.05, 4.69) is 5.32 Å². The number of urea groups is 1. The van der Waals surface area contributed by atoms with Gasteiger partial charge in [0.2, 0.25) is 0 Å². The fourth-order valence-corrected chi connectivity index (χ4v) is 2.93. The highest BCUT2D eigenvalue weighted by atomic mass is 19.1. The molecule has 118 valence electrons. The molecule has 7 heteroatoms. The molecule has 0 spiro atoms. The van der Waals surface area contributed by atoms with E-state index < -0.39 is 23.5 Å². The summed E-state index contributed by atoms with van der Waals surface area (Å²) in [5.41, 5.74) is 0.0117. The molecule has 3 rings (SSSR count). The molecule has 2 amide bonds. The highest BCUT2D eigenvalue weighted by molar-refractivity contribution is 5.78. The van der Waals surface area contributed by atoms with Gasteiger partial charge in [-0.05, 0) is 25.0 Å². The number of hydrogen-bond donors (Lipinski definition) is 2. The predicted molar refractivity (Wildman–Crippen MR) is 73.4 cm³/mol. The zero-order chi connectivity index (χ0) is 15.9. The minimum Gasteiger partial charge on any atom is -0.481 e. The van der Waals surface area contributed by atoms with E-state index in [0.29, 0.717) is 19.4 Å². The third-order valence-corrected chi connectivity index (χ3v) is 4.29. The highest BCUT2D eigenvalue weighted by Gasteiger charge is 2.44.